The van der Waals surface area contributed by atoms with Gasteiger partial charge in [-0.2, -0.15) is 0 Å². The van der Waals surface area contributed by atoms with Crippen molar-refractivity contribution in [2.75, 3.05) is 0 Å². The van der Waals surface area contributed by atoms with Crippen LogP contribution in [0.25, 0.3) is 0 Å². The van der Waals surface area contributed by atoms with Gasteiger partial charge in [0.2, 0.25) is 0 Å². The molecule has 0 saturated heterocycles. The minimum atomic E-state index is -0.711. The molecule has 0 radical (unpaired) electrons. The number of hydrogen-bond donors (Lipinski definition) is 2. The summed E-state index contributed by atoms with van der Waals surface area (Å²) in [7, 11) is 0. The van der Waals surface area contributed by atoms with E-state index in [1.54, 1.807) is 0 Å². The number of carbonyl (C=O) groups is 2. The van der Waals surface area contributed by atoms with Crippen molar-refractivity contribution in [2.45, 2.75) is 39.5 Å². The second kappa shape index (κ2) is 17.8. The molecule has 88 valence electrons. The monoisotopic (exact) mass is 212 g/mol. The molecule has 6 heteroatoms. The maximum Gasteiger partial charge on any atom is 0.303 e. The standard InChI is InChI=1S/2C4H8O2.2H2O/c2*1-2-3-4(5)6;;/h2*2-3H2,1H3,(H,5,6);2*1H2. The van der Waals surface area contributed by atoms with Gasteiger partial charge in [-0.3, -0.25) is 9.59 Å². The molecule has 0 bridgehead atoms. The number of rotatable bonds is 4. The first-order valence-electron chi connectivity index (χ1n) is 3.98. The summed E-state index contributed by atoms with van der Waals surface area (Å²) in [6, 6.07) is 0. The molecule has 0 rings (SSSR count). The average Bonchev–Trinajstić information content (AvgIpc) is 1.87. The van der Waals surface area contributed by atoms with Crippen LogP contribution in [0, 0.1) is 0 Å². The normalized spacial score (nSPS) is 7.00. The topological polar surface area (TPSA) is 138 Å². The molecule has 0 unspecified atom stereocenters. The van der Waals surface area contributed by atoms with E-state index in [1.807, 2.05) is 13.8 Å². The van der Waals surface area contributed by atoms with Crippen molar-refractivity contribution < 1.29 is 30.8 Å². The summed E-state index contributed by atoms with van der Waals surface area (Å²) in [5.41, 5.74) is 0. The zero-order valence-electron chi connectivity index (χ0n) is 8.54. The zero-order valence-corrected chi connectivity index (χ0v) is 8.54. The summed E-state index contributed by atoms with van der Waals surface area (Å²) in [6.07, 6.45) is 2.05. The lowest BCUT2D eigenvalue weighted by molar-refractivity contribution is -0.138. The maximum absolute atomic E-state index is 9.60. The van der Waals surface area contributed by atoms with E-state index >= 15 is 0 Å². The Labute approximate surface area is 83.2 Å². The van der Waals surface area contributed by atoms with Crippen molar-refractivity contribution in [1.29, 1.82) is 0 Å². The van der Waals surface area contributed by atoms with Gasteiger partial charge in [-0.25, -0.2) is 0 Å². The van der Waals surface area contributed by atoms with Crippen molar-refractivity contribution in [3.63, 3.8) is 0 Å². The SMILES string of the molecule is CCCC(=O)O.CCCC(=O)O.O.O. The number of carboxylic acid groups (broad SMARTS) is 2. The Morgan fingerprint density at radius 2 is 1.07 bits per heavy atom. The molecule has 0 aliphatic heterocycles. The molecule has 0 amide bonds. The molecule has 0 aromatic rings. The molecule has 0 spiro atoms. The van der Waals surface area contributed by atoms with Crippen molar-refractivity contribution in [3.05, 3.63) is 0 Å². The van der Waals surface area contributed by atoms with Crippen LogP contribution >= 0.6 is 0 Å². The Balaban J connectivity index is -0.0000000625. The van der Waals surface area contributed by atoms with Crippen LogP contribution in [0.1, 0.15) is 39.5 Å². The summed E-state index contributed by atoms with van der Waals surface area (Å²) in [4.78, 5) is 19.2. The maximum atomic E-state index is 9.60. The quantitative estimate of drug-likeness (QED) is 0.681. The molecule has 14 heavy (non-hydrogen) atoms. The fourth-order valence-electron chi connectivity index (χ4n) is 0.428. The van der Waals surface area contributed by atoms with Crippen molar-refractivity contribution in [3.8, 4) is 0 Å². The van der Waals surface area contributed by atoms with E-state index in [0.717, 1.165) is 12.8 Å². The minimum absolute atomic E-state index is 0. The molecule has 0 heterocycles. The summed E-state index contributed by atoms with van der Waals surface area (Å²) >= 11 is 0. The van der Waals surface area contributed by atoms with E-state index in [1.165, 1.54) is 0 Å². The van der Waals surface area contributed by atoms with Crippen molar-refractivity contribution >= 4 is 11.9 Å². The molecule has 0 saturated carbocycles. The lowest BCUT2D eigenvalue weighted by Crippen LogP contribution is -1.90. The van der Waals surface area contributed by atoms with E-state index < -0.39 is 11.9 Å². The van der Waals surface area contributed by atoms with Gasteiger partial charge < -0.3 is 21.2 Å². The van der Waals surface area contributed by atoms with Gasteiger partial charge in [0.15, 0.2) is 0 Å². The van der Waals surface area contributed by atoms with E-state index in [9.17, 15) is 9.59 Å². The third-order valence-electron chi connectivity index (χ3n) is 0.928. The van der Waals surface area contributed by atoms with Crippen LogP contribution in [0.15, 0.2) is 0 Å². The van der Waals surface area contributed by atoms with Crippen molar-refractivity contribution in [2.24, 2.45) is 0 Å². The Kier molecular flexibility index (Phi) is 29.3. The Morgan fingerprint density at radius 1 is 0.857 bits per heavy atom. The predicted molar refractivity (Wildman–Crippen MR) is 52.3 cm³/mol. The van der Waals surface area contributed by atoms with E-state index in [2.05, 4.69) is 0 Å². The predicted octanol–water partition coefficient (Wildman–Crippen LogP) is 0.0928. The molecular formula is C8H20O6. The first-order valence-corrected chi connectivity index (χ1v) is 3.98. The minimum Gasteiger partial charge on any atom is -0.481 e. The Morgan fingerprint density at radius 3 is 1.07 bits per heavy atom. The van der Waals surface area contributed by atoms with E-state index in [0.29, 0.717) is 12.8 Å². The van der Waals surface area contributed by atoms with Gasteiger partial charge in [0, 0.05) is 12.8 Å². The van der Waals surface area contributed by atoms with Crippen LogP contribution in [-0.2, 0) is 9.59 Å². The molecule has 0 aromatic heterocycles. The molecule has 6 N–H and O–H groups in total. The fourth-order valence-corrected chi connectivity index (χ4v) is 0.428. The molecule has 0 atom stereocenters. The van der Waals surface area contributed by atoms with Crippen LogP contribution in [-0.4, -0.2) is 33.1 Å². The first kappa shape index (κ1) is 23.0. The second-order valence-corrected chi connectivity index (χ2v) is 2.29. The van der Waals surface area contributed by atoms with Gasteiger partial charge in [-0.1, -0.05) is 13.8 Å². The van der Waals surface area contributed by atoms with E-state index in [4.69, 9.17) is 10.2 Å². The van der Waals surface area contributed by atoms with Gasteiger partial charge >= 0.3 is 11.9 Å². The third-order valence-corrected chi connectivity index (χ3v) is 0.928. The Hall–Kier alpha value is -1.14. The number of hydrogen-bond acceptors (Lipinski definition) is 2. The number of aliphatic carboxylic acids is 2. The second-order valence-electron chi connectivity index (χ2n) is 2.29. The summed E-state index contributed by atoms with van der Waals surface area (Å²) < 4.78 is 0. The summed E-state index contributed by atoms with van der Waals surface area (Å²) in [5.74, 6) is -1.42. The lowest BCUT2D eigenvalue weighted by atomic mass is 10.4. The smallest absolute Gasteiger partial charge is 0.303 e. The van der Waals surface area contributed by atoms with Crippen LogP contribution in [0.5, 0.6) is 0 Å². The van der Waals surface area contributed by atoms with Gasteiger partial charge in [0.25, 0.3) is 0 Å². The molecule has 0 fully saturated rings. The molecule has 0 aliphatic rings. The molecule has 0 aromatic carbocycles. The van der Waals surface area contributed by atoms with E-state index in [-0.39, 0.29) is 11.0 Å². The lowest BCUT2D eigenvalue weighted by Gasteiger charge is -1.79. The van der Waals surface area contributed by atoms with Gasteiger partial charge in [0.1, 0.15) is 0 Å². The zero-order chi connectivity index (χ0) is 9.98. The molecular weight excluding hydrogens is 192 g/mol. The Bertz CT molecular complexity index is 118. The van der Waals surface area contributed by atoms with Crippen LogP contribution in [0.4, 0.5) is 0 Å². The highest BCUT2D eigenvalue weighted by Gasteiger charge is 1.88. The largest absolute Gasteiger partial charge is 0.481 e. The molecule has 0 aliphatic carbocycles. The van der Waals surface area contributed by atoms with Crippen molar-refractivity contribution in [1.82, 2.24) is 0 Å². The third kappa shape index (κ3) is 44.7. The van der Waals surface area contributed by atoms with Gasteiger partial charge in [0.05, 0.1) is 0 Å². The van der Waals surface area contributed by atoms with Crippen LogP contribution in [0.2, 0.25) is 0 Å². The van der Waals surface area contributed by atoms with Crippen LogP contribution < -0.4 is 0 Å². The van der Waals surface area contributed by atoms with Crippen LogP contribution in [0.3, 0.4) is 0 Å². The summed E-state index contributed by atoms with van der Waals surface area (Å²) in [6.45, 7) is 3.68. The van der Waals surface area contributed by atoms with Gasteiger partial charge in [-0.05, 0) is 12.8 Å². The first-order chi connectivity index (χ1) is 5.54. The highest BCUT2D eigenvalue weighted by molar-refractivity contribution is 5.66. The summed E-state index contributed by atoms with van der Waals surface area (Å²) in [5, 5.41) is 15.8. The fraction of sp³-hybridized carbons (Fsp3) is 0.750. The number of carboxylic acids is 2. The highest BCUT2D eigenvalue weighted by atomic mass is 16.4. The van der Waals surface area contributed by atoms with Gasteiger partial charge in [-0.15, -0.1) is 0 Å². The average molecular weight is 212 g/mol. The molecule has 6 nitrogen and oxygen atoms in total. The highest BCUT2D eigenvalue weighted by Crippen LogP contribution is 1.82.